The second kappa shape index (κ2) is 5.23. The van der Waals surface area contributed by atoms with Crippen molar-refractivity contribution in [1.82, 2.24) is 4.90 Å². The highest BCUT2D eigenvalue weighted by Crippen LogP contribution is 2.23. The van der Waals surface area contributed by atoms with Gasteiger partial charge in [-0.1, -0.05) is 24.6 Å². The lowest BCUT2D eigenvalue weighted by Gasteiger charge is -2.17. The summed E-state index contributed by atoms with van der Waals surface area (Å²) >= 11 is 6.07. The quantitative estimate of drug-likeness (QED) is 0.778. The minimum Gasteiger partial charge on any atom is -0.398 e. The first-order valence-corrected chi connectivity index (χ1v) is 5.24. The lowest BCUT2D eigenvalue weighted by Crippen LogP contribution is -2.19. The van der Waals surface area contributed by atoms with Crippen LogP contribution in [0.2, 0.25) is 5.02 Å². The highest BCUT2D eigenvalue weighted by Gasteiger charge is 2.06. The SMILES string of the molecule is CCCN(C)Cc1c(N)cccc1Cl. The summed E-state index contributed by atoms with van der Waals surface area (Å²) in [7, 11) is 2.08. The third-order valence-electron chi connectivity index (χ3n) is 2.19. The number of nitrogen functional groups attached to an aromatic ring is 1. The predicted molar refractivity (Wildman–Crippen MR) is 62.5 cm³/mol. The van der Waals surface area contributed by atoms with E-state index in [4.69, 9.17) is 17.3 Å². The summed E-state index contributed by atoms with van der Waals surface area (Å²) in [5.41, 5.74) is 7.67. The van der Waals surface area contributed by atoms with Crippen molar-refractivity contribution in [3.8, 4) is 0 Å². The molecule has 2 N–H and O–H groups in total. The van der Waals surface area contributed by atoms with Crippen molar-refractivity contribution >= 4 is 17.3 Å². The Kier molecular flexibility index (Phi) is 4.23. The zero-order valence-corrected chi connectivity index (χ0v) is 9.51. The van der Waals surface area contributed by atoms with Gasteiger partial charge in [0.05, 0.1) is 0 Å². The number of hydrogen-bond donors (Lipinski definition) is 1. The number of benzene rings is 1. The molecule has 14 heavy (non-hydrogen) atoms. The maximum Gasteiger partial charge on any atom is 0.0471 e. The van der Waals surface area contributed by atoms with E-state index in [0.29, 0.717) is 0 Å². The fourth-order valence-electron chi connectivity index (χ4n) is 1.47. The molecule has 78 valence electrons. The molecule has 0 heterocycles. The van der Waals surface area contributed by atoms with Gasteiger partial charge >= 0.3 is 0 Å². The summed E-state index contributed by atoms with van der Waals surface area (Å²) in [6, 6.07) is 5.65. The number of halogens is 1. The molecule has 0 amide bonds. The minimum absolute atomic E-state index is 0.757. The summed E-state index contributed by atoms with van der Waals surface area (Å²) in [4.78, 5) is 2.22. The van der Waals surface area contributed by atoms with Gasteiger partial charge in [-0.25, -0.2) is 0 Å². The Balaban J connectivity index is 2.75. The Morgan fingerprint density at radius 1 is 1.43 bits per heavy atom. The molecule has 0 saturated heterocycles. The third-order valence-corrected chi connectivity index (χ3v) is 2.54. The van der Waals surface area contributed by atoms with Crippen LogP contribution in [0.3, 0.4) is 0 Å². The number of nitrogens with two attached hydrogens (primary N) is 1. The Morgan fingerprint density at radius 3 is 2.71 bits per heavy atom. The molecule has 0 saturated carbocycles. The average Bonchev–Trinajstić information content (AvgIpc) is 2.12. The van der Waals surface area contributed by atoms with E-state index in [2.05, 4.69) is 18.9 Å². The van der Waals surface area contributed by atoms with Crippen LogP contribution >= 0.6 is 11.6 Å². The molecule has 0 fully saturated rings. The Bertz CT molecular complexity index is 279. The van der Waals surface area contributed by atoms with Gasteiger partial charge in [-0.05, 0) is 32.1 Å². The van der Waals surface area contributed by atoms with Gasteiger partial charge in [-0.3, -0.25) is 0 Å². The van der Waals surface area contributed by atoms with Gasteiger partial charge in [0.2, 0.25) is 0 Å². The number of hydrogen-bond acceptors (Lipinski definition) is 2. The standard InChI is InChI=1S/C11H17ClN2/c1-3-7-14(2)8-9-10(12)5-4-6-11(9)13/h4-6H,3,7-8,13H2,1-2H3. The smallest absolute Gasteiger partial charge is 0.0471 e. The van der Waals surface area contributed by atoms with E-state index in [1.54, 1.807) is 0 Å². The first-order chi connectivity index (χ1) is 6.65. The number of nitrogens with zero attached hydrogens (tertiary/aromatic N) is 1. The molecule has 2 nitrogen and oxygen atoms in total. The number of rotatable bonds is 4. The summed E-state index contributed by atoms with van der Waals surface area (Å²) < 4.78 is 0. The van der Waals surface area contributed by atoms with Gasteiger partial charge in [0, 0.05) is 22.8 Å². The molecule has 0 atom stereocenters. The van der Waals surface area contributed by atoms with Gasteiger partial charge in [0.15, 0.2) is 0 Å². The first-order valence-electron chi connectivity index (χ1n) is 4.86. The van der Waals surface area contributed by atoms with Crippen molar-refractivity contribution in [2.45, 2.75) is 19.9 Å². The zero-order chi connectivity index (χ0) is 10.6. The first kappa shape index (κ1) is 11.3. The van der Waals surface area contributed by atoms with E-state index in [0.717, 1.165) is 35.8 Å². The molecule has 0 bridgehead atoms. The molecular weight excluding hydrogens is 196 g/mol. The molecule has 0 aliphatic carbocycles. The summed E-state index contributed by atoms with van der Waals surface area (Å²) in [6.45, 7) is 4.04. The predicted octanol–water partition coefficient (Wildman–Crippen LogP) is 2.76. The second-order valence-electron chi connectivity index (χ2n) is 3.55. The molecule has 0 spiro atoms. The second-order valence-corrected chi connectivity index (χ2v) is 3.95. The van der Waals surface area contributed by atoms with E-state index in [1.165, 1.54) is 0 Å². The van der Waals surface area contributed by atoms with Crippen LogP contribution in [-0.2, 0) is 6.54 Å². The van der Waals surface area contributed by atoms with E-state index >= 15 is 0 Å². The van der Waals surface area contributed by atoms with Crippen LogP contribution < -0.4 is 5.73 Å². The van der Waals surface area contributed by atoms with Gasteiger partial charge in [0.25, 0.3) is 0 Å². The average molecular weight is 213 g/mol. The van der Waals surface area contributed by atoms with E-state index in [-0.39, 0.29) is 0 Å². The molecule has 0 aliphatic heterocycles. The van der Waals surface area contributed by atoms with Gasteiger partial charge in [-0.2, -0.15) is 0 Å². The monoisotopic (exact) mass is 212 g/mol. The lowest BCUT2D eigenvalue weighted by molar-refractivity contribution is 0.328. The van der Waals surface area contributed by atoms with Crippen molar-refractivity contribution in [2.24, 2.45) is 0 Å². The van der Waals surface area contributed by atoms with Gasteiger partial charge in [-0.15, -0.1) is 0 Å². The molecular formula is C11H17ClN2. The lowest BCUT2D eigenvalue weighted by atomic mass is 10.1. The van der Waals surface area contributed by atoms with Crippen LogP contribution in [0.4, 0.5) is 5.69 Å². The number of anilines is 1. The van der Waals surface area contributed by atoms with Crippen LogP contribution in [-0.4, -0.2) is 18.5 Å². The zero-order valence-electron chi connectivity index (χ0n) is 8.76. The molecule has 0 aromatic heterocycles. The van der Waals surface area contributed by atoms with E-state index in [9.17, 15) is 0 Å². The van der Waals surface area contributed by atoms with Crippen molar-refractivity contribution in [3.05, 3.63) is 28.8 Å². The maximum atomic E-state index is 6.07. The van der Waals surface area contributed by atoms with Gasteiger partial charge < -0.3 is 10.6 Å². The molecule has 0 radical (unpaired) electrons. The van der Waals surface area contributed by atoms with Crippen molar-refractivity contribution < 1.29 is 0 Å². The van der Waals surface area contributed by atoms with Crippen LogP contribution in [0, 0.1) is 0 Å². The van der Waals surface area contributed by atoms with Crippen molar-refractivity contribution in [1.29, 1.82) is 0 Å². The van der Waals surface area contributed by atoms with Crippen LogP contribution in [0.5, 0.6) is 0 Å². The minimum atomic E-state index is 0.757. The van der Waals surface area contributed by atoms with E-state index < -0.39 is 0 Å². The highest BCUT2D eigenvalue weighted by molar-refractivity contribution is 6.31. The molecule has 0 aliphatic rings. The summed E-state index contributed by atoms with van der Waals surface area (Å²) in [5, 5.41) is 0.757. The topological polar surface area (TPSA) is 29.3 Å². The fourth-order valence-corrected chi connectivity index (χ4v) is 1.71. The Morgan fingerprint density at radius 2 is 2.14 bits per heavy atom. The summed E-state index contributed by atoms with van der Waals surface area (Å²) in [5.74, 6) is 0. The van der Waals surface area contributed by atoms with Crippen LogP contribution in [0.25, 0.3) is 0 Å². The molecule has 3 heteroatoms. The van der Waals surface area contributed by atoms with Crippen LogP contribution in [0.15, 0.2) is 18.2 Å². The van der Waals surface area contributed by atoms with Crippen molar-refractivity contribution in [3.63, 3.8) is 0 Å². The normalized spacial score (nSPS) is 10.9. The Labute approximate surface area is 90.7 Å². The van der Waals surface area contributed by atoms with E-state index in [1.807, 2.05) is 18.2 Å². The van der Waals surface area contributed by atoms with Gasteiger partial charge in [0.1, 0.15) is 0 Å². The molecule has 1 rings (SSSR count). The molecule has 1 aromatic carbocycles. The molecule has 0 unspecified atom stereocenters. The Hall–Kier alpha value is -0.730. The molecule has 1 aromatic rings. The highest BCUT2D eigenvalue weighted by atomic mass is 35.5. The third kappa shape index (κ3) is 2.89. The fraction of sp³-hybridized carbons (Fsp3) is 0.455. The van der Waals surface area contributed by atoms with Crippen LogP contribution in [0.1, 0.15) is 18.9 Å². The maximum absolute atomic E-state index is 6.07. The summed E-state index contributed by atoms with van der Waals surface area (Å²) in [6.07, 6.45) is 1.14. The largest absolute Gasteiger partial charge is 0.398 e. The van der Waals surface area contributed by atoms with Crippen molar-refractivity contribution in [2.75, 3.05) is 19.3 Å².